The minimum absolute atomic E-state index is 0.333. The highest BCUT2D eigenvalue weighted by atomic mass is 35.5. The summed E-state index contributed by atoms with van der Waals surface area (Å²) in [7, 11) is 0. The Morgan fingerprint density at radius 2 is 2.05 bits per heavy atom. The quantitative estimate of drug-likeness (QED) is 0.818. The summed E-state index contributed by atoms with van der Waals surface area (Å²) in [6.45, 7) is 6.54. The summed E-state index contributed by atoms with van der Waals surface area (Å²) in [5.74, 6) is 2.02. The molecule has 3 nitrogen and oxygen atoms in total. The normalized spacial score (nSPS) is 23.6. The van der Waals surface area contributed by atoms with Crippen molar-refractivity contribution in [1.82, 2.24) is 9.97 Å². The van der Waals surface area contributed by atoms with Gasteiger partial charge < -0.3 is 5.32 Å². The molecule has 1 aromatic heterocycles. The number of hydrogen-bond donors (Lipinski definition) is 1. The summed E-state index contributed by atoms with van der Waals surface area (Å²) in [6.07, 6.45) is 8.01. The fraction of sp³-hybridized carbons (Fsp3) is 0.733. The van der Waals surface area contributed by atoms with E-state index in [1.165, 1.54) is 32.1 Å². The third kappa shape index (κ3) is 3.38. The molecule has 0 radical (unpaired) electrons. The second-order valence-corrected chi connectivity index (χ2v) is 6.14. The molecule has 106 valence electrons. The third-order valence-corrected chi connectivity index (χ3v) is 4.47. The summed E-state index contributed by atoms with van der Waals surface area (Å²) in [6, 6.07) is 0.530. The lowest BCUT2D eigenvalue weighted by Gasteiger charge is -2.32. The van der Waals surface area contributed by atoms with Gasteiger partial charge >= 0.3 is 0 Å². The number of halogens is 1. The predicted octanol–water partition coefficient (Wildman–Crippen LogP) is 4.63. The van der Waals surface area contributed by atoms with Gasteiger partial charge in [-0.25, -0.2) is 9.97 Å². The average Bonchev–Trinajstić information content (AvgIpc) is 2.39. The van der Waals surface area contributed by atoms with Crippen LogP contribution in [0.1, 0.15) is 64.4 Å². The fourth-order valence-corrected chi connectivity index (χ4v) is 3.41. The largest absolute Gasteiger partial charge is 0.367 e. The Balaban J connectivity index is 2.20. The molecular weight excluding hydrogens is 258 g/mol. The Morgan fingerprint density at radius 3 is 2.74 bits per heavy atom. The molecular formula is C15H24ClN3. The van der Waals surface area contributed by atoms with Gasteiger partial charge in [-0.1, -0.05) is 51.6 Å². The molecule has 2 rings (SSSR count). The molecule has 2 unspecified atom stereocenters. The van der Waals surface area contributed by atoms with Gasteiger partial charge in [-0.15, -0.1) is 0 Å². The SMILES string of the molecule is CCC1CCCCC1Nc1ncnc(Cl)c1C(C)C. The van der Waals surface area contributed by atoms with E-state index in [0.29, 0.717) is 17.1 Å². The van der Waals surface area contributed by atoms with Gasteiger partial charge in [-0.3, -0.25) is 0 Å². The highest BCUT2D eigenvalue weighted by molar-refractivity contribution is 6.30. The summed E-state index contributed by atoms with van der Waals surface area (Å²) < 4.78 is 0. The van der Waals surface area contributed by atoms with Crippen LogP contribution in [0.4, 0.5) is 5.82 Å². The second kappa shape index (κ2) is 6.56. The standard InChI is InChI=1S/C15H24ClN3/c1-4-11-7-5-6-8-12(11)19-15-13(10(2)3)14(16)17-9-18-15/h9-12H,4-8H2,1-3H3,(H,17,18,19). The molecule has 1 aromatic rings. The second-order valence-electron chi connectivity index (χ2n) is 5.79. The lowest BCUT2D eigenvalue weighted by atomic mass is 9.83. The lowest BCUT2D eigenvalue weighted by molar-refractivity contribution is 0.316. The van der Waals surface area contributed by atoms with E-state index in [2.05, 4.69) is 36.1 Å². The first-order valence-electron chi connectivity index (χ1n) is 7.40. The molecule has 1 fully saturated rings. The van der Waals surface area contributed by atoms with Crippen molar-refractivity contribution in [2.45, 2.75) is 64.8 Å². The van der Waals surface area contributed by atoms with Crippen LogP contribution in [0, 0.1) is 5.92 Å². The van der Waals surface area contributed by atoms with Crippen LogP contribution in [-0.2, 0) is 0 Å². The molecule has 0 amide bonds. The van der Waals surface area contributed by atoms with Crippen LogP contribution in [0.2, 0.25) is 5.15 Å². The van der Waals surface area contributed by atoms with Crippen LogP contribution in [0.25, 0.3) is 0 Å². The molecule has 0 aromatic carbocycles. The number of rotatable bonds is 4. The molecule has 2 atom stereocenters. The molecule has 4 heteroatoms. The summed E-state index contributed by atoms with van der Waals surface area (Å²) >= 11 is 6.22. The maximum Gasteiger partial charge on any atom is 0.138 e. The third-order valence-electron chi connectivity index (χ3n) is 4.17. The monoisotopic (exact) mass is 281 g/mol. The summed E-state index contributed by atoms with van der Waals surface area (Å²) in [4.78, 5) is 8.52. The number of nitrogens with zero attached hydrogens (tertiary/aromatic N) is 2. The number of nitrogens with one attached hydrogen (secondary N) is 1. The Morgan fingerprint density at radius 1 is 1.32 bits per heavy atom. The molecule has 1 aliphatic carbocycles. The van der Waals surface area contributed by atoms with Crippen molar-refractivity contribution in [2.75, 3.05) is 5.32 Å². The first kappa shape index (κ1) is 14.6. The van der Waals surface area contributed by atoms with Gasteiger partial charge in [0.25, 0.3) is 0 Å². The van der Waals surface area contributed by atoms with Crippen molar-refractivity contribution in [2.24, 2.45) is 5.92 Å². The van der Waals surface area contributed by atoms with E-state index >= 15 is 0 Å². The highest BCUT2D eigenvalue weighted by Gasteiger charge is 2.25. The highest BCUT2D eigenvalue weighted by Crippen LogP contribution is 2.33. The van der Waals surface area contributed by atoms with Crippen LogP contribution in [-0.4, -0.2) is 16.0 Å². The van der Waals surface area contributed by atoms with Crippen molar-refractivity contribution in [1.29, 1.82) is 0 Å². The average molecular weight is 282 g/mol. The first-order valence-corrected chi connectivity index (χ1v) is 7.78. The summed E-state index contributed by atoms with van der Waals surface area (Å²) in [5.41, 5.74) is 1.05. The van der Waals surface area contributed by atoms with Crippen LogP contribution >= 0.6 is 11.6 Å². The van der Waals surface area contributed by atoms with Gasteiger partial charge in [0, 0.05) is 11.6 Å². The molecule has 0 saturated heterocycles. The first-order chi connectivity index (χ1) is 9.13. The van der Waals surface area contributed by atoms with Crippen molar-refractivity contribution < 1.29 is 0 Å². The Kier molecular flexibility index (Phi) is 5.03. The Bertz CT molecular complexity index is 420. The van der Waals surface area contributed by atoms with Gasteiger partial charge in [0.15, 0.2) is 0 Å². The van der Waals surface area contributed by atoms with E-state index in [1.807, 2.05) is 0 Å². The van der Waals surface area contributed by atoms with Crippen LogP contribution < -0.4 is 5.32 Å². The topological polar surface area (TPSA) is 37.8 Å². The Hall–Kier alpha value is -0.830. The molecule has 1 heterocycles. The molecule has 0 spiro atoms. The zero-order valence-corrected chi connectivity index (χ0v) is 12.9. The van der Waals surface area contributed by atoms with Crippen LogP contribution in [0.5, 0.6) is 0 Å². The van der Waals surface area contributed by atoms with Crippen molar-refractivity contribution in [3.05, 3.63) is 17.0 Å². The van der Waals surface area contributed by atoms with Gasteiger partial charge in [0.2, 0.25) is 0 Å². The van der Waals surface area contributed by atoms with Crippen LogP contribution in [0.15, 0.2) is 6.33 Å². The maximum atomic E-state index is 6.22. The van der Waals surface area contributed by atoms with Gasteiger partial charge in [0.1, 0.15) is 17.3 Å². The molecule has 1 aliphatic rings. The van der Waals surface area contributed by atoms with Gasteiger partial charge in [0.05, 0.1) is 0 Å². The van der Waals surface area contributed by atoms with E-state index in [9.17, 15) is 0 Å². The zero-order chi connectivity index (χ0) is 13.8. The van der Waals surface area contributed by atoms with E-state index in [0.717, 1.165) is 17.3 Å². The van der Waals surface area contributed by atoms with Crippen LogP contribution in [0.3, 0.4) is 0 Å². The zero-order valence-electron chi connectivity index (χ0n) is 12.1. The predicted molar refractivity (Wildman–Crippen MR) is 80.8 cm³/mol. The molecule has 0 aliphatic heterocycles. The molecule has 19 heavy (non-hydrogen) atoms. The van der Waals surface area contributed by atoms with Gasteiger partial charge in [-0.2, -0.15) is 0 Å². The van der Waals surface area contributed by atoms with E-state index in [-0.39, 0.29) is 0 Å². The Labute approximate surface area is 121 Å². The number of hydrogen-bond acceptors (Lipinski definition) is 3. The van der Waals surface area contributed by atoms with Crippen molar-refractivity contribution >= 4 is 17.4 Å². The lowest BCUT2D eigenvalue weighted by Crippen LogP contribution is -2.32. The molecule has 0 bridgehead atoms. The maximum absolute atomic E-state index is 6.22. The van der Waals surface area contributed by atoms with E-state index in [4.69, 9.17) is 11.6 Å². The number of aromatic nitrogens is 2. The molecule has 1 saturated carbocycles. The summed E-state index contributed by atoms with van der Waals surface area (Å²) in [5, 5.41) is 4.22. The molecule has 1 N–H and O–H groups in total. The minimum Gasteiger partial charge on any atom is -0.367 e. The smallest absolute Gasteiger partial charge is 0.138 e. The van der Waals surface area contributed by atoms with E-state index < -0.39 is 0 Å². The van der Waals surface area contributed by atoms with Gasteiger partial charge in [-0.05, 0) is 24.7 Å². The van der Waals surface area contributed by atoms with Crippen molar-refractivity contribution in [3.8, 4) is 0 Å². The minimum atomic E-state index is 0.333. The van der Waals surface area contributed by atoms with E-state index in [1.54, 1.807) is 6.33 Å². The number of anilines is 1. The van der Waals surface area contributed by atoms with Crippen molar-refractivity contribution in [3.63, 3.8) is 0 Å². The fourth-order valence-electron chi connectivity index (χ4n) is 3.06.